The SMILES string of the molecule is CCCCC(=O)Nc1cncc(-c2cnc3n[nH]c(-c4nc5c(-c6cc(F)cc(NCCN(C)C)c6)cncc5[nH]4)c3c2)c1. The van der Waals surface area contributed by atoms with Crippen molar-refractivity contribution in [1.82, 2.24) is 40.0 Å². The number of halogens is 1. The van der Waals surface area contributed by atoms with Crippen molar-refractivity contribution >= 4 is 39.3 Å². The van der Waals surface area contributed by atoms with E-state index in [-0.39, 0.29) is 11.7 Å². The molecule has 6 aromatic rings. The second-order valence-electron chi connectivity index (χ2n) is 10.9. The van der Waals surface area contributed by atoms with Crippen LogP contribution in [-0.4, -0.2) is 73.1 Å². The summed E-state index contributed by atoms with van der Waals surface area (Å²) in [6.07, 6.45) is 10.7. The van der Waals surface area contributed by atoms with E-state index in [0.717, 1.165) is 35.9 Å². The Kier molecular flexibility index (Phi) is 8.24. The van der Waals surface area contributed by atoms with Crippen LogP contribution in [-0.2, 0) is 4.79 Å². The van der Waals surface area contributed by atoms with Gasteiger partial charge in [-0.3, -0.25) is 19.9 Å². The van der Waals surface area contributed by atoms with Crippen molar-refractivity contribution in [2.45, 2.75) is 26.2 Å². The number of carbonyl (C=O) groups excluding carboxylic acids is 1. The third-order valence-corrected chi connectivity index (χ3v) is 7.25. The fourth-order valence-corrected chi connectivity index (χ4v) is 5.00. The molecule has 0 unspecified atom stereocenters. The number of nitrogens with one attached hydrogen (secondary N) is 4. The number of anilines is 2. The Morgan fingerprint density at radius 3 is 2.61 bits per heavy atom. The molecular formula is C32H33FN10O. The van der Waals surface area contributed by atoms with E-state index in [4.69, 9.17) is 4.98 Å². The van der Waals surface area contributed by atoms with Crippen molar-refractivity contribution in [2.24, 2.45) is 0 Å². The molecule has 1 aromatic carbocycles. The van der Waals surface area contributed by atoms with E-state index in [1.807, 2.05) is 32.3 Å². The first kappa shape index (κ1) is 28.9. The van der Waals surface area contributed by atoms with Gasteiger partial charge in [0.25, 0.3) is 0 Å². The van der Waals surface area contributed by atoms with Crippen LogP contribution in [0.1, 0.15) is 26.2 Å². The van der Waals surface area contributed by atoms with E-state index in [0.29, 0.717) is 63.7 Å². The van der Waals surface area contributed by atoms with Gasteiger partial charge in [-0.2, -0.15) is 5.10 Å². The molecule has 6 rings (SSSR count). The first-order valence-corrected chi connectivity index (χ1v) is 14.5. The highest BCUT2D eigenvalue weighted by molar-refractivity contribution is 5.97. The fourth-order valence-electron chi connectivity index (χ4n) is 5.00. The van der Waals surface area contributed by atoms with Crippen molar-refractivity contribution in [3.63, 3.8) is 0 Å². The third kappa shape index (κ3) is 6.25. The summed E-state index contributed by atoms with van der Waals surface area (Å²) in [5.74, 6) is 0.164. The lowest BCUT2D eigenvalue weighted by Gasteiger charge is -2.12. The number of carbonyl (C=O) groups is 1. The zero-order chi connectivity index (χ0) is 30.6. The molecular weight excluding hydrogens is 559 g/mol. The quantitative estimate of drug-likeness (QED) is 0.147. The summed E-state index contributed by atoms with van der Waals surface area (Å²) in [4.78, 5) is 35.8. The molecule has 44 heavy (non-hydrogen) atoms. The molecule has 224 valence electrons. The standard InChI is InChI=1S/C32H33FN10O/c1-4-5-6-28(44)38-24-11-20(14-34-16-24)21-12-25-30(41-42-31(25)37-15-21)32-39-27-18-35-17-26(29(27)40-32)19-9-22(33)13-23(10-19)36-7-8-43(2)3/h9-18,36H,4-8H2,1-3H3,(H,38,44)(H,39,40)(H,37,41,42). The molecule has 1 amide bonds. The van der Waals surface area contributed by atoms with E-state index in [1.165, 1.54) is 12.1 Å². The number of nitrogens with zero attached hydrogens (tertiary/aromatic N) is 6. The molecule has 0 bridgehead atoms. The monoisotopic (exact) mass is 592 g/mol. The predicted molar refractivity (Wildman–Crippen MR) is 171 cm³/mol. The fraction of sp³-hybridized carbons (Fsp3) is 0.250. The molecule has 0 saturated heterocycles. The summed E-state index contributed by atoms with van der Waals surface area (Å²) in [7, 11) is 3.98. The van der Waals surface area contributed by atoms with Gasteiger partial charge in [-0.05, 0) is 56.4 Å². The number of aromatic nitrogens is 7. The Morgan fingerprint density at radius 1 is 0.955 bits per heavy atom. The van der Waals surface area contributed by atoms with Crippen molar-refractivity contribution in [2.75, 3.05) is 37.8 Å². The van der Waals surface area contributed by atoms with E-state index < -0.39 is 0 Å². The van der Waals surface area contributed by atoms with Crippen LogP contribution < -0.4 is 10.6 Å². The number of imidazole rings is 1. The number of hydrogen-bond acceptors (Lipinski definition) is 8. The van der Waals surface area contributed by atoms with Crippen LogP contribution in [0.4, 0.5) is 15.8 Å². The zero-order valence-electron chi connectivity index (χ0n) is 24.8. The number of pyridine rings is 3. The van der Waals surface area contributed by atoms with Crippen LogP contribution in [0, 0.1) is 5.82 Å². The summed E-state index contributed by atoms with van der Waals surface area (Å²) >= 11 is 0. The lowest BCUT2D eigenvalue weighted by atomic mass is 10.1. The Bertz CT molecular complexity index is 1950. The average Bonchev–Trinajstić information content (AvgIpc) is 3.63. The Morgan fingerprint density at radius 2 is 1.77 bits per heavy atom. The van der Waals surface area contributed by atoms with Crippen LogP contribution in [0.3, 0.4) is 0 Å². The summed E-state index contributed by atoms with van der Waals surface area (Å²) in [6.45, 7) is 3.55. The minimum atomic E-state index is -0.347. The van der Waals surface area contributed by atoms with E-state index in [1.54, 1.807) is 31.0 Å². The summed E-state index contributed by atoms with van der Waals surface area (Å²) in [5.41, 5.74) is 6.83. The molecule has 5 aromatic heterocycles. The van der Waals surface area contributed by atoms with Gasteiger partial charge in [0.05, 0.1) is 34.5 Å². The topological polar surface area (TPSA) is 140 Å². The molecule has 4 N–H and O–H groups in total. The Hall–Kier alpha value is -5.23. The van der Waals surface area contributed by atoms with Gasteiger partial charge in [-0.25, -0.2) is 14.4 Å². The van der Waals surface area contributed by atoms with Crippen LogP contribution >= 0.6 is 0 Å². The maximum Gasteiger partial charge on any atom is 0.224 e. The molecule has 0 saturated carbocycles. The lowest BCUT2D eigenvalue weighted by molar-refractivity contribution is -0.116. The normalized spacial score (nSPS) is 11.5. The number of aromatic amines is 2. The molecule has 0 atom stereocenters. The lowest BCUT2D eigenvalue weighted by Crippen LogP contribution is -2.20. The van der Waals surface area contributed by atoms with Crippen LogP contribution in [0.5, 0.6) is 0 Å². The average molecular weight is 593 g/mol. The minimum absolute atomic E-state index is 0.0368. The van der Waals surface area contributed by atoms with E-state index in [2.05, 4.69) is 52.6 Å². The molecule has 0 aliphatic rings. The van der Waals surface area contributed by atoms with Crippen LogP contribution in [0.15, 0.2) is 61.3 Å². The summed E-state index contributed by atoms with van der Waals surface area (Å²) < 4.78 is 14.7. The van der Waals surface area contributed by atoms with Gasteiger partial charge >= 0.3 is 0 Å². The third-order valence-electron chi connectivity index (χ3n) is 7.25. The maximum atomic E-state index is 14.7. The van der Waals surface area contributed by atoms with Gasteiger partial charge in [-0.15, -0.1) is 0 Å². The predicted octanol–water partition coefficient (Wildman–Crippen LogP) is 5.87. The zero-order valence-corrected chi connectivity index (χ0v) is 24.8. The minimum Gasteiger partial charge on any atom is -0.384 e. The Balaban J connectivity index is 1.33. The number of amides is 1. The number of rotatable bonds is 11. The number of fused-ring (bicyclic) bond motifs is 2. The summed E-state index contributed by atoms with van der Waals surface area (Å²) in [6, 6.07) is 8.71. The second-order valence-corrected chi connectivity index (χ2v) is 10.9. The van der Waals surface area contributed by atoms with Gasteiger partial charge in [0.1, 0.15) is 11.5 Å². The number of benzene rings is 1. The highest BCUT2D eigenvalue weighted by Gasteiger charge is 2.17. The Labute approximate surface area is 253 Å². The van der Waals surface area contributed by atoms with Gasteiger partial charge in [-0.1, -0.05) is 13.3 Å². The van der Waals surface area contributed by atoms with Crippen LogP contribution in [0.2, 0.25) is 0 Å². The molecule has 0 spiro atoms. The molecule has 11 nitrogen and oxygen atoms in total. The number of unbranched alkanes of at least 4 members (excludes halogenated alkanes) is 1. The van der Waals surface area contributed by atoms with Crippen molar-refractivity contribution in [3.05, 3.63) is 67.1 Å². The van der Waals surface area contributed by atoms with Gasteiger partial charge < -0.3 is 20.5 Å². The molecule has 5 heterocycles. The first-order valence-electron chi connectivity index (χ1n) is 14.5. The molecule has 0 aliphatic carbocycles. The van der Waals surface area contributed by atoms with Crippen molar-refractivity contribution in [3.8, 4) is 33.8 Å². The first-order chi connectivity index (χ1) is 21.4. The van der Waals surface area contributed by atoms with Crippen molar-refractivity contribution < 1.29 is 9.18 Å². The molecule has 12 heteroatoms. The number of hydrogen-bond donors (Lipinski definition) is 4. The number of H-pyrrole nitrogens is 2. The van der Waals surface area contributed by atoms with Gasteiger partial charge in [0.15, 0.2) is 11.5 Å². The smallest absolute Gasteiger partial charge is 0.224 e. The molecule has 0 aliphatic heterocycles. The largest absolute Gasteiger partial charge is 0.384 e. The van der Waals surface area contributed by atoms with Gasteiger partial charge in [0, 0.05) is 60.5 Å². The van der Waals surface area contributed by atoms with Gasteiger partial charge in [0.2, 0.25) is 5.91 Å². The summed E-state index contributed by atoms with van der Waals surface area (Å²) in [5, 5.41) is 14.4. The second kappa shape index (κ2) is 12.6. The number of likely N-dealkylation sites (N-methyl/N-ethyl adjacent to an activating group) is 1. The molecule has 0 radical (unpaired) electrons. The van der Waals surface area contributed by atoms with Crippen LogP contribution in [0.25, 0.3) is 55.8 Å². The van der Waals surface area contributed by atoms with E-state index in [9.17, 15) is 9.18 Å². The highest BCUT2D eigenvalue weighted by Crippen LogP contribution is 2.33. The molecule has 0 fully saturated rings. The van der Waals surface area contributed by atoms with E-state index >= 15 is 0 Å². The highest BCUT2D eigenvalue weighted by atomic mass is 19.1. The van der Waals surface area contributed by atoms with Crippen molar-refractivity contribution in [1.29, 1.82) is 0 Å². The maximum absolute atomic E-state index is 14.7.